The zero-order chi connectivity index (χ0) is 31.0. The molecule has 226 valence electrons. The van der Waals surface area contributed by atoms with Crippen molar-refractivity contribution >= 4 is 28.9 Å². The number of aliphatic hydroxyl groups is 2. The minimum atomic E-state index is -2.71. The molecule has 3 aliphatic carbocycles. The van der Waals surface area contributed by atoms with Gasteiger partial charge in [0.25, 0.3) is 0 Å². The van der Waals surface area contributed by atoms with Crippen LogP contribution in [0.5, 0.6) is 5.75 Å². The fourth-order valence-corrected chi connectivity index (χ4v) is 7.38. The Morgan fingerprint density at radius 1 is 1.10 bits per heavy atom. The van der Waals surface area contributed by atoms with Crippen molar-refractivity contribution in [1.82, 2.24) is 9.80 Å². The lowest BCUT2D eigenvalue weighted by molar-refractivity contribution is -0.190. The van der Waals surface area contributed by atoms with E-state index < -0.39 is 64.7 Å². The van der Waals surface area contributed by atoms with Crippen LogP contribution >= 0.6 is 0 Å². The summed E-state index contributed by atoms with van der Waals surface area (Å²) >= 11 is 0. The Kier molecular flexibility index (Phi) is 7.33. The Morgan fingerprint density at radius 2 is 1.76 bits per heavy atom. The zero-order valence-corrected chi connectivity index (χ0v) is 24.6. The number of phenols is 1. The third kappa shape index (κ3) is 4.27. The number of Topliss-reactive ketones (excluding diaryl/α,β-unsaturated/α-hetero) is 3. The number of anilines is 1. The topological polar surface area (TPSA) is 178 Å². The van der Waals surface area contributed by atoms with Crippen molar-refractivity contribution in [2.45, 2.75) is 37.1 Å². The predicted molar refractivity (Wildman–Crippen MR) is 152 cm³/mol. The summed E-state index contributed by atoms with van der Waals surface area (Å²) in [6.45, 7) is 0.520. The molecule has 42 heavy (non-hydrogen) atoms. The Bertz CT molecular complexity index is 1480. The maximum Gasteiger partial charge on any atom is 0.230 e. The predicted octanol–water partition coefficient (Wildman–Crippen LogP) is 0.0464. The van der Waals surface area contributed by atoms with Gasteiger partial charge in [-0.25, -0.2) is 0 Å². The van der Waals surface area contributed by atoms with Crippen molar-refractivity contribution in [3.63, 3.8) is 0 Å². The van der Waals surface area contributed by atoms with Gasteiger partial charge in [-0.15, -0.1) is 0 Å². The van der Waals surface area contributed by atoms with Gasteiger partial charge in [0.1, 0.15) is 23.2 Å². The average molecular weight is 583 g/mol. The van der Waals surface area contributed by atoms with Gasteiger partial charge in [-0.3, -0.25) is 19.2 Å². The standard InChI is InChI=1S/C30H38N4O8/c1-32(2)12-14-7-8-19(42-14)16-11-18(33(3)4)15-9-13-10-17-23(34(5)6)26(37)22(29(31)40)28(39)30(17,41)27(38)20(13)25(36)21(15)24(16)35/h7-8,11,13,17,20,22-23,26,35,37,41H,9-10,12H2,1-6H3,(H2,31,40)/t13-,17-,20?,22?,23?,26?,30-/m1/s1. The van der Waals surface area contributed by atoms with Gasteiger partial charge in [0.15, 0.2) is 23.0 Å². The van der Waals surface area contributed by atoms with Gasteiger partial charge in [0, 0.05) is 31.7 Å². The molecule has 1 amide bonds. The molecule has 0 saturated heterocycles. The normalized spacial score (nSPS) is 30.8. The number of aliphatic hydroxyl groups excluding tert-OH is 1. The monoisotopic (exact) mass is 582 g/mol. The summed E-state index contributed by atoms with van der Waals surface area (Å²) in [6.07, 6.45) is -1.28. The first-order valence-corrected chi connectivity index (χ1v) is 13.9. The van der Waals surface area contributed by atoms with Crippen LogP contribution in [0.15, 0.2) is 22.6 Å². The van der Waals surface area contributed by atoms with Crippen LogP contribution < -0.4 is 10.6 Å². The Hall–Kier alpha value is -3.58. The fraction of sp³-hybridized carbons (Fsp3) is 0.533. The number of nitrogens with zero attached hydrogens (tertiary/aromatic N) is 3. The number of benzene rings is 1. The number of likely N-dealkylation sites (N-methyl/N-ethyl adjacent to an activating group) is 1. The van der Waals surface area contributed by atoms with E-state index in [9.17, 15) is 34.5 Å². The first-order chi connectivity index (χ1) is 19.6. The number of hydrogen-bond donors (Lipinski definition) is 4. The van der Waals surface area contributed by atoms with Crippen LogP contribution in [0.3, 0.4) is 0 Å². The molecule has 7 atom stereocenters. The van der Waals surface area contributed by atoms with E-state index in [0.29, 0.717) is 29.3 Å². The lowest BCUT2D eigenvalue weighted by atomic mass is 9.52. The van der Waals surface area contributed by atoms with Gasteiger partial charge >= 0.3 is 0 Å². The molecule has 2 saturated carbocycles. The van der Waals surface area contributed by atoms with Crippen LogP contribution in [-0.4, -0.2) is 108 Å². The number of ketones is 3. The number of hydrogen-bond acceptors (Lipinski definition) is 11. The average Bonchev–Trinajstić information content (AvgIpc) is 3.33. The van der Waals surface area contributed by atoms with Gasteiger partial charge in [-0.1, -0.05) is 0 Å². The minimum absolute atomic E-state index is 0.0523. The molecule has 0 aliphatic heterocycles. The van der Waals surface area contributed by atoms with E-state index in [4.69, 9.17) is 10.2 Å². The molecule has 1 heterocycles. The molecule has 12 nitrogen and oxygen atoms in total. The number of carbonyl (C=O) groups is 4. The summed E-state index contributed by atoms with van der Waals surface area (Å²) in [4.78, 5) is 59.4. The highest BCUT2D eigenvalue weighted by Crippen LogP contribution is 2.53. The second kappa shape index (κ2) is 10.3. The molecule has 4 unspecified atom stereocenters. The van der Waals surface area contributed by atoms with E-state index in [1.54, 1.807) is 51.3 Å². The van der Waals surface area contributed by atoms with E-state index in [0.717, 1.165) is 0 Å². The van der Waals surface area contributed by atoms with Crippen molar-refractivity contribution in [3.8, 4) is 17.1 Å². The van der Waals surface area contributed by atoms with E-state index in [2.05, 4.69) is 0 Å². The molecule has 1 aromatic carbocycles. The molecule has 0 bridgehead atoms. The first kappa shape index (κ1) is 29.9. The van der Waals surface area contributed by atoms with Crippen LogP contribution in [0.1, 0.15) is 28.1 Å². The van der Waals surface area contributed by atoms with Crippen molar-refractivity contribution in [1.29, 1.82) is 0 Å². The van der Waals surface area contributed by atoms with Crippen molar-refractivity contribution in [3.05, 3.63) is 35.1 Å². The van der Waals surface area contributed by atoms with E-state index >= 15 is 0 Å². The zero-order valence-electron chi connectivity index (χ0n) is 24.6. The van der Waals surface area contributed by atoms with Gasteiger partial charge in [-0.05, 0) is 70.7 Å². The highest BCUT2D eigenvalue weighted by Gasteiger charge is 2.69. The number of carbonyl (C=O) groups excluding carboxylic acids is 4. The molecule has 1 aromatic heterocycles. The van der Waals surface area contributed by atoms with Crippen molar-refractivity contribution < 1.29 is 38.9 Å². The van der Waals surface area contributed by atoms with E-state index in [1.807, 2.05) is 23.9 Å². The van der Waals surface area contributed by atoms with Gasteiger partial charge < -0.3 is 40.2 Å². The minimum Gasteiger partial charge on any atom is -0.506 e. The molecule has 3 aliphatic rings. The summed E-state index contributed by atoms with van der Waals surface area (Å²) in [5.74, 6) is -8.40. The lowest BCUT2D eigenvalue weighted by Gasteiger charge is -2.55. The van der Waals surface area contributed by atoms with Crippen molar-refractivity contribution in [2.24, 2.45) is 29.4 Å². The summed E-state index contributed by atoms with van der Waals surface area (Å²) in [7, 11) is 10.6. The highest BCUT2D eigenvalue weighted by molar-refractivity contribution is 6.26. The molecule has 2 aromatic rings. The third-order valence-electron chi connectivity index (χ3n) is 9.15. The summed E-state index contributed by atoms with van der Waals surface area (Å²) in [5.41, 5.74) is 4.15. The van der Waals surface area contributed by atoms with Crippen LogP contribution in [0.4, 0.5) is 5.69 Å². The molecule has 5 N–H and O–H groups in total. The second-order valence-corrected chi connectivity index (χ2v) is 12.5. The van der Waals surface area contributed by atoms with Crippen LogP contribution in [-0.2, 0) is 27.3 Å². The molecule has 0 spiro atoms. The molecule has 12 heteroatoms. The van der Waals surface area contributed by atoms with Crippen LogP contribution in [0.2, 0.25) is 0 Å². The Labute approximate surface area is 243 Å². The maximum atomic E-state index is 14.2. The Morgan fingerprint density at radius 3 is 2.33 bits per heavy atom. The van der Waals surface area contributed by atoms with Crippen LogP contribution in [0, 0.1) is 23.7 Å². The fourth-order valence-electron chi connectivity index (χ4n) is 7.38. The largest absolute Gasteiger partial charge is 0.506 e. The highest BCUT2D eigenvalue weighted by atomic mass is 16.3. The quantitative estimate of drug-likeness (QED) is 0.338. The van der Waals surface area contributed by atoms with E-state index in [-0.39, 0.29) is 29.7 Å². The summed E-state index contributed by atoms with van der Waals surface area (Å²) in [5, 5.41) is 34.3. The molecule has 5 rings (SSSR count). The Balaban J connectivity index is 1.65. The number of fused-ring (bicyclic) bond motifs is 3. The first-order valence-electron chi connectivity index (χ1n) is 13.9. The number of rotatable bonds is 6. The lowest BCUT2D eigenvalue weighted by Crippen LogP contribution is -2.75. The number of phenolic OH excluding ortho intramolecular Hbond substituents is 1. The van der Waals surface area contributed by atoms with Gasteiger partial charge in [0.2, 0.25) is 5.91 Å². The maximum absolute atomic E-state index is 14.2. The molecule has 2 fully saturated rings. The molecule has 0 radical (unpaired) electrons. The van der Waals surface area contributed by atoms with Crippen LogP contribution in [0.25, 0.3) is 11.3 Å². The second-order valence-electron chi connectivity index (χ2n) is 12.5. The van der Waals surface area contributed by atoms with Gasteiger partial charge in [-0.2, -0.15) is 0 Å². The van der Waals surface area contributed by atoms with Gasteiger partial charge in [0.05, 0.1) is 29.7 Å². The summed E-state index contributed by atoms with van der Waals surface area (Å²) in [6, 6.07) is 4.27. The van der Waals surface area contributed by atoms with Crippen molar-refractivity contribution in [2.75, 3.05) is 47.2 Å². The number of nitrogens with two attached hydrogens (primary N) is 1. The van der Waals surface area contributed by atoms with E-state index in [1.165, 1.54) is 0 Å². The number of aromatic hydroxyl groups is 1. The molecular weight excluding hydrogens is 544 g/mol. The number of primary amides is 1. The smallest absolute Gasteiger partial charge is 0.230 e. The number of amides is 1. The SMILES string of the molecule is CN(C)Cc1ccc(-c2cc(N(C)C)c3c(c2O)C(=O)C2C(=O)[C@@]4(O)C(=O)C(C(N)=O)C(O)C(N(C)C)[C@H]4C[C@H]2C3)o1. The summed E-state index contributed by atoms with van der Waals surface area (Å²) < 4.78 is 5.97. The third-order valence-corrected chi connectivity index (χ3v) is 9.15. The molecular formula is C30H38N4O8. The number of furan rings is 1.